The van der Waals surface area contributed by atoms with Crippen molar-refractivity contribution < 1.29 is 4.79 Å². The van der Waals surface area contributed by atoms with Gasteiger partial charge in [-0.05, 0) is 42.0 Å². The first-order valence-corrected chi connectivity index (χ1v) is 13.6. The van der Waals surface area contributed by atoms with E-state index in [9.17, 15) is 4.79 Å². The van der Waals surface area contributed by atoms with Crippen molar-refractivity contribution in [1.29, 1.82) is 0 Å². The summed E-state index contributed by atoms with van der Waals surface area (Å²) in [6.45, 7) is 9.65. The SMILES string of the molecule is C=CCSCCC=O.C=CCSCCCNCc1ccc(Cl)nc1.NCc1ccc(Cl)nc1. The van der Waals surface area contributed by atoms with Gasteiger partial charge in [-0.1, -0.05) is 47.5 Å². The number of pyridine rings is 2. The number of aromatic nitrogens is 2. The van der Waals surface area contributed by atoms with Crippen molar-refractivity contribution >= 4 is 53.0 Å². The van der Waals surface area contributed by atoms with Crippen LogP contribution in [0.1, 0.15) is 24.0 Å². The van der Waals surface area contributed by atoms with E-state index in [1.165, 1.54) is 17.7 Å². The Morgan fingerprint density at radius 1 is 0.939 bits per heavy atom. The molecule has 2 rings (SSSR count). The molecule has 0 fully saturated rings. The number of nitrogens with zero attached hydrogens (tertiary/aromatic N) is 2. The Kier molecular flexibility index (Phi) is 22.8. The molecule has 0 aliphatic rings. The molecule has 33 heavy (non-hydrogen) atoms. The van der Waals surface area contributed by atoms with E-state index >= 15 is 0 Å². The first-order valence-electron chi connectivity index (χ1n) is 10.5. The lowest BCUT2D eigenvalue weighted by Gasteiger charge is -2.04. The second-order valence-corrected chi connectivity index (χ2v) is 9.47. The molecule has 9 heteroatoms. The van der Waals surface area contributed by atoms with Gasteiger partial charge in [-0.3, -0.25) is 0 Å². The Hall–Kier alpha value is -1.35. The number of rotatable bonds is 14. The number of hydrogen-bond acceptors (Lipinski definition) is 7. The minimum Gasteiger partial charge on any atom is -0.326 e. The van der Waals surface area contributed by atoms with Gasteiger partial charge in [0.05, 0.1) is 0 Å². The van der Waals surface area contributed by atoms with Gasteiger partial charge in [0.15, 0.2) is 0 Å². The maximum Gasteiger partial charge on any atom is 0.129 e. The number of aldehydes is 1. The van der Waals surface area contributed by atoms with Gasteiger partial charge in [0, 0.05) is 49.2 Å². The van der Waals surface area contributed by atoms with Crippen LogP contribution in [-0.2, 0) is 17.9 Å². The zero-order valence-corrected chi connectivity index (χ0v) is 22.1. The van der Waals surface area contributed by atoms with E-state index in [1.807, 2.05) is 48.3 Å². The summed E-state index contributed by atoms with van der Waals surface area (Å²) >= 11 is 14.9. The molecule has 2 heterocycles. The third-order valence-corrected chi connectivity index (χ3v) is 6.13. The van der Waals surface area contributed by atoms with Gasteiger partial charge in [-0.25, -0.2) is 9.97 Å². The molecule has 0 spiro atoms. The second kappa shape index (κ2) is 23.8. The normalized spacial score (nSPS) is 9.67. The van der Waals surface area contributed by atoms with Crippen molar-refractivity contribution in [3.05, 3.63) is 83.4 Å². The summed E-state index contributed by atoms with van der Waals surface area (Å²) in [6.07, 6.45) is 10.0. The average Bonchev–Trinajstić information content (AvgIpc) is 2.84. The highest BCUT2D eigenvalue weighted by molar-refractivity contribution is 7.99. The predicted octanol–water partition coefficient (Wildman–Crippen LogP) is 5.82. The fourth-order valence-electron chi connectivity index (χ4n) is 2.03. The molecule has 0 bridgehead atoms. The topological polar surface area (TPSA) is 80.9 Å². The number of carbonyl (C=O) groups excluding carboxylic acids is 1. The van der Waals surface area contributed by atoms with E-state index in [4.69, 9.17) is 28.9 Å². The quantitative estimate of drug-likeness (QED) is 0.138. The summed E-state index contributed by atoms with van der Waals surface area (Å²) in [7, 11) is 0. The van der Waals surface area contributed by atoms with E-state index < -0.39 is 0 Å². The number of hydrogen-bond donors (Lipinski definition) is 2. The van der Waals surface area contributed by atoms with Gasteiger partial charge in [0.25, 0.3) is 0 Å². The number of nitrogens with one attached hydrogen (secondary N) is 1. The van der Waals surface area contributed by atoms with Gasteiger partial charge >= 0.3 is 0 Å². The Labute approximate surface area is 217 Å². The molecule has 5 nitrogen and oxygen atoms in total. The first-order chi connectivity index (χ1) is 16.1. The predicted molar refractivity (Wildman–Crippen MR) is 148 cm³/mol. The molecule has 0 aliphatic carbocycles. The van der Waals surface area contributed by atoms with Crippen molar-refractivity contribution in [1.82, 2.24) is 15.3 Å². The zero-order chi connectivity index (χ0) is 24.6. The fraction of sp³-hybridized carbons (Fsp3) is 0.375. The van der Waals surface area contributed by atoms with Crippen LogP contribution in [0.2, 0.25) is 10.3 Å². The Morgan fingerprint density at radius 3 is 2.00 bits per heavy atom. The monoisotopic (exact) mass is 528 g/mol. The summed E-state index contributed by atoms with van der Waals surface area (Å²) < 4.78 is 0. The van der Waals surface area contributed by atoms with Gasteiger partial charge in [-0.2, -0.15) is 23.5 Å². The maximum atomic E-state index is 9.73. The summed E-state index contributed by atoms with van der Waals surface area (Å²) in [6, 6.07) is 7.40. The Bertz CT molecular complexity index is 737. The third-order valence-electron chi connectivity index (χ3n) is 3.64. The van der Waals surface area contributed by atoms with E-state index in [0.29, 0.717) is 23.3 Å². The van der Waals surface area contributed by atoms with E-state index in [2.05, 4.69) is 28.4 Å². The van der Waals surface area contributed by atoms with Crippen LogP contribution < -0.4 is 11.1 Å². The van der Waals surface area contributed by atoms with Gasteiger partial charge < -0.3 is 15.8 Å². The third kappa shape index (κ3) is 21.0. The molecule has 0 amide bonds. The van der Waals surface area contributed by atoms with Gasteiger partial charge in [0.2, 0.25) is 0 Å². The largest absolute Gasteiger partial charge is 0.326 e. The fourth-order valence-corrected chi connectivity index (χ4v) is 3.54. The van der Waals surface area contributed by atoms with Crippen molar-refractivity contribution in [3.63, 3.8) is 0 Å². The lowest BCUT2D eigenvalue weighted by molar-refractivity contribution is -0.107. The lowest BCUT2D eigenvalue weighted by Crippen LogP contribution is -2.15. The average molecular weight is 530 g/mol. The summed E-state index contributed by atoms with van der Waals surface area (Å²) in [5.74, 6) is 4.10. The van der Waals surface area contributed by atoms with Crippen LogP contribution in [0.3, 0.4) is 0 Å². The second-order valence-electron chi connectivity index (χ2n) is 6.40. The Balaban J connectivity index is 0.000000511. The zero-order valence-electron chi connectivity index (χ0n) is 18.9. The van der Waals surface area contributed by atoms with Crippen molar-refractivity contribution in [2.24, 2.45) is 5.73 Å². The number of thioether (sulfide) groups is 2. The van der Waals surface area contributed by atoms with E-state index in [0.717, 1.165) is 42.2 Å². The number of halogens is 2. The molecular weight excluding hydrogens is 495 g/mol. The van der Waals surface area contributed by atoms with Crippen LogP contribution in [0.5, 0.6) is 0 Å². The molecule has 182 valence electrons. The highest BCUT2D eigenvalue weighted by Gasteiger charge is 1.94. The molecule has 0 radical (unpaired) electrons. The van der Waals surface area contributed by atoms with Crippen LogP contribution in [0.4, 0.5) is 0 Å². The maximum absolute atomic E-state index is 9.73. The molecular formula is C24H34Cl2N4OS2. The molecule has 2 aromatic heterocycles. The Morgan fingerprint density at radius 2 is 1.52 bits per heavy atom. The highest BCUT2D eigenvalue weighted by Crippen LogP contribution is 2.05. The van der Waals surface area contributed by atoms with E-state index in [1.54, 1.807) is 24.0 Å². The lowest BCUT2D eigenvalue weighted by atomic mass is 10.3. The van der Waals surface area contributed by atoms with Crippen molar-refractivity contribution in [2.75, 3.05) is 29.6 Å². The molecule has 0 atom stereocenters. The minimum atomic E-state index is 0.507. The molecule has 0 saturated carbocycles. The summed E-state index contributed by atoms with van der Waals surface area (Å²) in [5, 5.41) is 4.43. The number of nitrogens with two attached hydrogens (primary N) is 1. The standard InChI is InChI=1S/C12H17ClN2S.C6H7ClN2.C6H10OS/c1-2-7-16-8-3-6-14-9-11-4-5-12(13)15-10-11;7-6-2-1-5(3-8)4-9-6;1-2-5-8-6-3-4-7/h2,4-5,10,14H,1,3,6-9H2;1-2,4H,3,8H2;2,4H,1,3,5-6H2. The molecule has 2 aromatic rings. The molecule has 0 unspecified atom stereocenters. The van der Waals surface area contributed by atoms with Gasteiger partial charge in [-0.15, -0.1) is 13.2 Å². The van der Waals surface area contributed by atoms with Crippen molar-refractivity contribution in [3.8, 4) is 0 Å². The minimum absolute atomic E-state index is 0.507. The van der Waals surface area contributed by atoms with Crippen LogP contribution >= 0.6 is 46.7 Å². The number of carbonyl (C=O) groups is 1. The summed E-state index contributed by atoms with van der Waals surface area (Å²) in [4.78, 5) is 17.6. The molecule has 3 N–H and O–H groups in total. The van der Waals surface area contributed by atoms with Crippen molar-refractivity contribution in [2.45, 2.75) is 25.9 Å². The molecule has 0 saturated heterocycles. The van der Waals surface area contributed by atoms with Crippen LogP contribution in [0, 0.1) is 0 Å². The molecule has 0 aromatic carbocycles. The first kappa shape index (κ1) is 31.6. The summed E-state index contributed by atoms with van der Waals surface area (Å²) in [5.41, 5.74) is 7.49. The van der Waals surface area contributed by atoms with Crippen LogP contribution in [-0.4, -0.2) is 45.8 Å². The van der Waals surface area contributed by atoms with E-state index in [-0.39, 0.29) is 0 Å². The smallest absolute Gasteiger partial charge is 0.129 e. The van der Waals surface area contributed by atoms with Crippen LogP contribution in [0.15, 0.2) is 62.0 Å². The molecule has 0 aliphatic heterocycles. The highest BCUT2D eigenvalue weighted by atomic mass is 35.5. The van der Waals surface area contributed by atoms with Crippen LogP contribution in [0.25, 0.3) is 0 Å². The van der Waals surface area contributed by atoms with Gasteiger partial charge in [0.1, 0.15) is 16.6 Å².